The lowest BCUT2D eigenvalue weighted by Gasteiger charge is -2.33. The fraction of sp³-hybridized carbons (Fsp3) is 0.424. The normalized spacial score (nSPS) is 12.7. The van der Waals surface area contributed by atoms with Crippen molar-refractivity contribution in [2.24, 2.45) is 0 Å². The molecule has 0 unspecified atom stereocenters. The minimum Gasteiger partial charge on any atom is -0.493 e. The van der Waals surface area contributed by atoms with E-state index in [0.717, 1.165) is 23.4 Å². The molecular weight excluding hydrogens is 593 g/mol. The third kappa shape index (κ3) is 7.51. The summed E-state index contributed by atoms with van der Waals surface area (Å²) in [6.07, 6.45) is 1.21. The van der Waals surface area contributed by atoms with E-state index in [4.69, 9.17) is 21.1 Å². The van der Waals surface area contributed by atoms with Gasteiger partial charge in [-0.2, -0.15) is 0 Å². The minimum absolute atomic E-state index is 0.165. The number of hydrogen-bond acceptors (Lipinski definition) is 5. The molecule has 1 atom stereocenters. The Balaban J connectivity index is 2.69. The average molecular weight is 634 g/mol. The molecule has 3 aromatic carbocycles. The number of carboxylic acids is 1. The highest BCUT2D eigenvalue weighted by Gasteiger charge is 2.37. The summed E-state index contributed by atoms with van der Waals surface area (Å²) < 4.78 is 55.2. The van der Waals surface area contributed by atoms with Crippen LogP contribution in [-0.4, -0.2) is 45.0 Å². The van der Waals surface area contributed by atoms with Gasteiger partial charge in [0.2, 0.25) is 10.0 Å². The van der Waals surface area contributed by atoms with Crippen molar-refractivity contribution in [3.63, 3.8) is 0 Å². The van der Waals surface area contributed by atoms with E-state index in [9.17, 15) is 18.3 Å². The summed E-state index contributed by atoms with van der Waals surface area (Å²) in [5.74, 6) is -1.38. The van der Waals surface area contributed by atoms with E-state index in [-0.39, 0.29) is 16.8 Å². The molecule has 0 saturated heterocycles. The molecule has 1 N–H and O–H groups in total. The number of anilines is 1. The van der Waals surface area contributed by atoms with Crippen molar-refractivity contribution in [1.29, 1.82) is 0 Å². The molecule has 0 amide bonds. The first kappa shape index (κ1) is 34.4. The maximum Gasteiger partial charge on any atom is 0.337 e. The van der Waals surface area contributed by atoms with Crippen molar-refractivity contribution in [2.75, 3.05) is 24.2 Å². The van der Waals surface area contributed by atoms with Crippen molar-refractivity contribution in [3.8, 4) is 28.0 Å². The van der Waals surface area contributed by atoms with Gasteiger partial charge in [0.1, 0.15) is 11.6 Å². The second-order valence-corrected chi connectivity index (χ2v) is 14.2. The Labute approximate surface area is 259 Å². The first-order chi connectivity index (χ1) is 19.9. The van der Waals surface area contributed by atoms with Gasteiger partial charge in [0.25, 0.3) is 0 Å². The number of rotatable bonds is 11. The molecule has 0 heterocycles. The van der Waals surface area contributed by atoms with Gasteiger partial charge in [-0.15, -0.1) is 0 Å². The molecule has 0 saturated carbocycles. The zero-order valence-electron chi connectivity index (χ0n) is 26.3. The predicted octanol–water partition coefficient (Wildman–Crippen LogP) is 8.25. The molecule has 0 radical (unpaired) electrons. The maximum atomic E-state index is 15.7. The summed E-state index contributed by atoms with van der Waals surface area (Å²) in [5.41, 5.74) is 2.41. The number of ether oxygens (including phenoxy) is 2. The van der Waals surface area contributed by atoms with Crippen LogP contribution in [0.25, 0.3) is 22.3 Å². The molecule has 0 aromatic heterocycles. The Morgan fingerprint density at radius 3 is 2.26 bits per heavy atom. The SMILES string of the molecule is CCCCOc1cc(Cl)ccc1-c1c(C)c(-c2c(C)cccc2F)c(N(C)S(C)(=O)=O)c(C)c1[C@H](OC(C)(C)C)C(=O)O. The van der Waals surface area contributed by atoms with Gasteiger partial charge < -0.3 is 14.6 Å². The van der Waals surface area contributed by atoms with Crippen LogP contribution in [-0.2, 0) is 19.6 Å². The zero-order chi connectivity index (χ0) is 32.4. The van der Waals surface area contributed by atoms with Gasteiger partial charge in [0, 0.05) is 34.3 Å². The molecule has 3 rings (SSSR count). The minimum atomic E-state index is -3.87. The van der Waals surface area contributed by atoms with Crippen LogP contribution in [0, 0.1) is 26.6 Å². The number of hydrogen-bond donors (Lipinski definition) is 1. The maximum absolute atomic E-state index is 15.7. The smallest absolute Gasteiger partial charge is 0.337 e. The molecule has 234 valence electrons. The molecule has 0 aliphatic heterocycles. The molecular formula is C33H41ClFNO6S. The van der Waals surface area contributed by atoms with Crippen molar-refractivity contribution in [3.05, 3.63) is 69.5 Å². The lowest BCUT2D eigenvalue weighted by molar-refractivity contribution is -0.160. The van der Waals surface area contributed by atoms with E-state index in [2.05, 4.69) is 0 Å². The molecule has 0 fully saturated rings. The third-order valence-electron chi connectivity index (χ3n) is 7.23. The molecule has 0 aliphatic rings. The van der Waals surface area contributed by atoms with Crippen LogP contribution in [0.1, 0.15) is 68.9 Å². The molecule has 0 aliphatic carbocycles. The van der Waals surface area contributed by atoms with Crippen molar-refractivity contribution in [2.45, 2.75) is 73.0 Å². The topological polar surface area (TPSA) is 93.1 Å². The van der Waals surface area contributed by atoms with Gasteiger partial charge in [-0.1, -0.05) is 37.1 Å². The third-order valence-corrected chi connectivity index (χ3v) is 8.64. The van der Waals surface area contributed by atoms with Crippen LogP contribution in [0.15, 0.2) is 36.4 Å². The summed E-state index contributed by atoms with van der Waals surface area (Å²) in [6, 6.07) is 9.72. The van der Waals surface area contributed by atoms with Gasteiger partial charge in [-0.05, 0) is 94.5 Å². The van der Waals surface area contributed by atoms with E-state index in [1.807, 2.05) is 6.92 Å². The molecule has 43 heavy (non-hydrogen) atoms. The number of nitrogens with zero attached hydrogens (tertiary/aromatic N) is 1. The van der Waals surface area contributed by atoms with Crippen molar-refractivity contribution in [1.82, 2.24) is 0 Å². The lowest BCUT2D eigenvalue weighted by Crippen LogP contribution is -2.31. The van der Waals surface area contributed by atoms with Gasteiger partial charge >= 0.3 is 5.97 Å². The second kappa shape index (κ2) is 13.2. The van der Waals surface area contributed by atoms with E-state index in [1.165, 1.54) is 13.1 Å². The predicted molar refractivity (Wildman–Crippen MR) is 171 cm³/mol. The summed E-state index contributed by atoms with van der Waals surface area (Å²) in [7, 11) is -2.50. The van der Waals surface area contributed by atoms with Crippen LogP contribution in [0.5, 0.6) is 5.75 Å². The quantitative estimate of drug-likeness (QED) is 0.214. The largest absolute Gasteiger partial charge is 0.493 e. The lowest BCUT2D eigenvalue weighted by atomic mass is 9.81. The van der Waals surface area contributed by atoms with Crippen molar-refractivity contribution >= 4 is 33.3 Å². The van der Waals surface area contributed by atoms with Gasteiger partial charge in [0.05, 0.1) is 24.2 Å². The van der Waals surface area contributed by atoms with E-state index < -0.39 is 33.5 Å². The number of unbranched alkanes of at least 4 members (excludes halogenated alkanes) is 1. The molecule has 0 bridgehead atoms. The van der Waals surface area contributed by atoms with Crippen molar-refractivity contribution < 1.29 is 32.2 Å². The zero-order valence-corrected chi connectivity index (χ0v) is 27.8. The fourth-order valence-electron chi connectivity index (χ4n) is 5.23. The van der Waals surface area contributed by atoms with Crippen LogP contribution in [0.2, 0.25) is 5.02 Å². The first-order valence-corrected chi connectivity index (χ1v) is 16.3. The fourth-order valence-corrected chi connectivity index (χ4v) is 5.95. The van der Waals surface area contributed by atoms with Gasteiger partial charge in [0.15, 0.2) is 6.10 Å². The van der Waals surface area contributed by atoms with Gasteiger partial charge in [-0.25, -0.2) is 17.6 Å². The standard InChI is InChI=1S/C33H41ClFNO6S/c1-10-11-17-41-25-18-22(34)15-16-23(25)27-20(3)28(26-19(2)13-12-14-24(26)35)30(36(8)43(9,39)40)21(4)29(27)31(32(37)38)42-33(5,6)7/h12-16,18,31H,10-11,17H2,1-9H3,(H,37,38)/t31-/m0/s1. The first-order valence-electron chi connectivity index (χ1n) is 14.1. The Morgan fingerprint density at radius 1 is 1.07 bits per heavy atom. The van der Waals surface area contributed by atoms with E-state index >= 15 is 4.39 Å². The monoisotopic (exact) mass is 633 g/mol. The highest BCUT2D eigenvalue weighted by molar-refractivity contribution is 7.92. The summed E-state index contributed by atoms with van der Waals surface area (Å²) in [4.78, 5) is 12.9. The van der Waals surface area contributed by atoms with Crippen LogP contribution in [0.3, 0.4) is 0 Å². The van der Waals surface area contributed by atoms with Gasteiger partial charge in [-0.3, -0.25) is 4.31 Å². The number of halogens is 2. The molecule has 0 spiro atoms. The molecule has 10 heteroatoms. The number of aryl methyl sites for hydroxylation is 1. The Morgan fingerprint density at radius 2 is 1.72 bits per heavy atom. The number of aliphatic carboxylic acids is 1. The Hall–Kier alpha value is -3.14. The Kier molecular flexibility index (Phi) is 10.6. The van der Waals surface area contributed by atoms with Crippen LogP contribution < -0.4 is 9.04 Å². The average Bonchev–Trinajstić information content (AvgIpc) is 2.88. The number of carbonyl (C=O) groups is 1. The van der Waals surface area contributed by atoms with E-state index in [0.29, 0.717) is 50.8 Å². The van der Waals surface area contributed by atoms with Crippen LogP contribution >= 0.6 is 11.6 Å². The van der Waals surface area contributed by atoms with E-state index in [1.54, 1.807) is 71.9 Å². The summed E-state index contributed by atoms with van der Waals surface area (Å²) >= 11 is 6.39. The highest BCUT2D eigenvalue weighted by Crippen LogP contribution is 2.51. The molecule has 7 nitrogen and oxygen atoms in total. The summed E-state index contributed by atoms with van der Waals surface area (Å²) in [5, 5.41) is 11.0. The highest BCUT2D eigenvalue weighted by atomic mass is 35.5. The number of sulfonamides is 1. The van der Waals surface area contributed by atoms with Crippen LogP contribution in [0.4, 0.5) is 10.1 Å². The second-order valence-electron chi connectivity index (χ2n) is 11.7. The number of benzene rings is 3. The Bertz CT molecular complexity index is 1610. The molecule has 3 aromatic rings. The number of carboxylic acid groups (broad SMARTS) is 1. The summed E-state index contributed by atoms with van der Waals surface area (Å²) in [6.45, 7) is 12.8.